The molecular formula is C17H21N3O2S. The number of methoxy groups -OCH3 is 1. The molecule has 1 aliphatic heterocycles. The van der Waals surface area contributed by atoms with Crippen LogP contribution in [0.4, 0.5) is 0 Å². The Balaban J connectivity index is 1.96. The van der Waals surface area contributed by atoms with Crippen molar-refractivity contribution in [2.24, 2.45) is 0 Å². The summed E-state index contributed by atoms with van der Waals surface area (Å²) in [5.41, 5.74) is 1.85. The Morgan fingerprint density at radius 2 is 2.17 bits per heavy atom. The topological polar surface area (TPSA) is 54.5 Å². The molecule has 2 aromatic rings. The fraction of sp³-hybridized carbons (Fsp3) is 0.412. The number of thiazole rings is 1. The van der Waals surface area contributed by atoms with E-state index < -0.39 is 0 Å². The highest BCUT2D eigenvalue weighted by molar-refractivity contribution is 7.13. The van der Waals surface area contributed by atoms with Gasteiger partial charge in [-0.3, -0.25) is 4.79 Å². The molecule has 1 aromatic carbocycles. The van der Waals surface area contributed by atoms with Crippen LogP contribution in [0.5, 0.6) is 5.75 Å². The summed E-state index contributed by atoms with van der Waals surface area (Å²) in [5, 5.41) is 4.30. The monoisotopic (exact) mass is 331 g/mol. The van der Waals surface area contributed by atoms with Crippen molar-refractivity contribution in [1.82, 2.24) is 15.2 Å². The summed E-state index contributed by atoms with van der Waals surface area (Å²) in [4.78, 5) is 20.1. The third kappa shape index (κ3) is 3.09. The summed E-state index contributed by atoms with van der Waals surface area (Å²) in [6, 6.07) is 7.86. The molecule has 1 amide bonds. The second-order valence-electron chi connectivity index (χ2n) is 5.61. The summed E-state index contributed by atoms with van der Waals surface area (Å²) in [5.74, 6) is 0.877. The maximum Gasteiger partial charge on any atom is 0.266 e. The molecule has 5 nitrogen and oxygen atoms in total. The third-order valence-corrected chi connectivity index (χ3v) is 5.16. The second-order valence-corrected chi connectivity index (χ2v) is 6.81. The normalized spacial score (nSPS) is 18.0. The van der Waals surface area contributed by atoms with Crippen LogP contribution in [-0.2, 0) is 0 Å². The van der Waals surface area contributed by atoms with Crippen molar-refractivity contribution >= 4 is 17.2 Å². The van der Waals surface area contributed by atoms with Gasteiger partial charge < -0.3 is 15.0 Å². The lowest BCUT2D eigenvalue weighted by Gasteiger charge is -2.37. The Bertz CT molecular complexity index is 714. The molecular weight excluding hydrogens is 310 g/mol. The molecule has 1 aromatic heterocycles. The Kier molecular flexibility index (Phi) is 4.63. The molecule has 1 saturated heterocycles. The summed E-state index contributed by atoms with van der Waals surface area (Å²) in [6.45, 7) is 6.04. The summed E-state index contributed by atoms with van der Waals surface area (Å²) >= 11 is 1.47. The van der Waals surface area contributed by atoms with Crippen LogP contribution >= 0.6 is 11.3 Å². The van der Waals surface area contributed by atoms with E-state index in [1.807, 2.05) is 43.0 Å². The van der Waals surface area contributed by atoms with Crippen molar-refractivity contribution in [3.05, 3.63) is 45.4 Å². The fourth-order valence-electron chi connectivity index (χ4n) is 3.03. The molecule has 0 radical (unpaired) electrons. The number of aryl methyl sites for hydroxylation is 2. The molecule has 23 heavy (non-hydrogen) atoms. The smallest absolute Gasteiger partial charge is 0.266 e. The highest BCUT2D eigenvalue weighted by Crippen LogP contribution is 2.32. The van der Waals surface area contributed by atoms with Crippen molar-refractivity contribution in [2.45, 2.75) is 19.9 Å². The average molecular weight is 331 g/mol. The minimum absolute atomic E-state index is 0.0331. The highest BCUT2D eigenvalue weighted by Gasteiger charge is 2.32. The number of aromatic nitrogens is 1. The summed E-state index contributed by atoms with van der Waals surface area (Å²) in [7, 11) is 1.66. The van der Waals surface area contributed by atoms with Crippen molar-refractivity contribution in [1.29, 1.82) is 0 Å². The Hall–Kier alpha value is -1.92. The molecule has 0 saturated carbocycles. The van der Waals surface area contributed by atoms with Crippen LogP contribution < -0.4 is 10.1 Å². The molecule has 1 N–H and O–H groups in total. The van der Waals surface area contributed by atoms with E-state index in [-0.39, 0.29) is 11.9 Å². The van der Waals surface area contributed by atoms with Gasteiger partial charge in [-0.25, -0.2) is 4.98 Å². The molecule has 0 bridgehead atoms. The van der Waals surface area contributed by atoms with Crippen molar-refractivity contribution in [2.75, 3.05) is 26.7 Å². The molecule has 1 fully saturated rings. The van der Waals surface area contributed by atoms with Gasteiger partial charge in [0, 0.05) is 25.2 Å². The zero-order valence-electron chi connectivity index (χ0n) is 13.6. The van der Waals surface area contributed by atoms with E-state index in [0.717, 1.165) is 40.0 Å². The van der Waals surface area contributed by atoms with E-state index in [2.05, 4.69) is 10.3 Å². The maximum absolute atomic E-state index is 13.0. The van der Waals surface area contributed by atoms with Gasteiger partial charge in [0.1, 0.15) is 10.6 Å². The second kappa shape index (κ2) is 6.68. The molecule has 1 unspecified atom stereocenters. The van der Waals surface area contributed by atoms with Crippen LogP contribution in [0.25, 0.3) is 0 Å². The zero-order chi connectivity index (χ0) is 16.4. The van der Waals surface area contributed by atoms with Crippen LogP contribution in [0.1, 0.15) is 32.0 Å². The van der Waals surface area contributed by atoms with Crippen LogP contribution in [0.15, 0.2) is 24.3 Å². The number of piperazine rings is 1. The zero-order valence-corrected chi connectivity index (χ0v) is 14.4. The number of rotatable bonds is 3. The largest absolute Gasteiger partial charge is 0.496 e. The molecule has 0 aliphatic carbocycles. The Labute approximate surface area is 140 Å². The number of hydrogen-bond donors (Lipinski definition) is 1. The minimum Gasteiger partial charge on any atom is -0.496 e. The van der Waals surface area contributed by atoms with Crippen molar-refractivity contribution in [3.63, 3.8) is 0 Å². The lowest BCUT2D eigenvalue weighted by molar-refractivity contribution is 0.0635. The van der Waals surface area contributed by atoms with E-state index in [4.69, 9.17) is 4.74 Å². The average Bonchev–Trinajstić information content (AvgIpc) is 2.92. The molecule has 1 aliphatic rings. The van der Waals surface area contributed by atoms with E-state index in [9.17, 15) is 4.79 Å². The molecule has 6 heteroatoms. The first-order valence-electron chi connectivity index (χ1n) is 7.70. The molecule has 2 heterocycles. The van der Waals surface area contributed by atoms with Gasteiger partial charge in [-0.2, -0.15) is 0 Å². The first-order chi connectivity index (χ1) is 11.1. The molecule has 1 atom stereocenters. The van der Waals surface area contributed by atoms with E-state index in [1.54, 1.807) is 7.11 Å². The van der Waals surface area contributed by atoms with Crippen LogP contribution in [-0.4, -0.2) is 42.5 Å². The predicted octanol–water partition coefficient (Wildman–Crippen LogP) is 2.56. The van der Waals surface area contributed by atoms with E-state index in [0.29, 0.717) is 6.54 Å². The van der Waals surface area contributed by atoms with E-state index >= 15 is 0 Å². The van der Waals surface area contributed by atoms with Gasteiger partial charge in [-0.15, -0.1) is 11.3 Å². The SMILES string of the molecule is COc1ccccc1C1CNCCN1C(=O)c1sc(C)nc1C. The number of nitrogens with one attached hydrogen (secondary N) is 1. The number of ether oxygens (including phenoxy) is 1. The van der Waals surface area contributed by atoms with Gasteiger partial charge >= 0.3 is 0 Å². The van der Waals surface area contributed by atoms with Gasteiger partial charge in [-0.1, -0.05) is 18.2 Å². The lowest BCUT2D eigenvalue weighted by atomic mass is 10.0. The standard InChI is InChI=1S/C17H21N3O2S/c1-11-16(23-12(2)19-11)17(21)20-9-8-18-10-14(20)13-6-4-5-7-15(13)22-3/h4-7,14,18H,8-10H2,1-3H3. The first kappa shape index (κ1) is 16.0. The molecule has 3 rings (SSSR count). The minimum atomic E-state index is -0.0331. The van der Waals surface area contributed by atoms with Crippen molar-refractivity contribution in [3.8, 4) is 5.75 Å². The summed E-state index contributed by atoms with van der Waals surface area (Å²) < 4.78 is 5.48. The summed E-state index contributed by atoms with van der Waals surface area (Å²) in [6.07, 6.45) is 0. The number of hydrogen-bond acceptors (Lipinski definition) is 5. The first-order valence-corrected chi connectivity index (χ1v) is 8.52. The van der Waals surface area contributed by atoms with Crippen molar-refractivity contribution < 1.29 is 9.53 Å². The van der Waals surface area contributed by atoms with Gasteiger partial charge in [-0.05, 0) is 19.9 Å². The molecule has 122 valence electrons. The van der Waals surface area contributed by atoms with Gasteiger partial charge in [0.05, 0.1) is 23.9 Å². The van der Waals surface area contributed by atoms with Crippen LogP contribution in [0, 0.1) is 13.8 Å². The van der Waals surface area contributed by atoms with Gasteiger partial charge in [0.15, 0.2) is 0 Å². The van der Waals surface area contributed by atoms with Gasteiger partial charge in [0.2, 0.25) is 0 Å². The number of carbonyl (C=O) groups excluding carboxylic acids is 1. The predicted molar refractivity (Wildman–Crippen MR) is 91.2 cm³/mol. The van der Waals surface area contributed by atoms with Crippen LogP contribution in [0.2, 0.25) is 0 Å². The number of nitrogens with zero attached hydrogens (tertiary/aromatic N) is 2. The Morgan fingerprint density at radius 1 is 1.39 bits per heavy atom. The maximum atomic E-state index is 13.0. The van der Waals surface area contributed by atoms with E-state index in [1.165, 1.54) is 11.3 Å². The lowest BCUT2D eigenvalue weighted by Crippen LogP contribution is -2.48. The number of amides is 1. The van der Waals surface area contributed by atoms with Gasteiger partial charge in [0.25, 0.3) is 5.91 Å². The quantitative estimate of drug-likeness (QED) is 0.939. The number of para-hydroxylation sites is 1. The fourth-order valence-corrected chi connectivity index (χ4v) is 3.90. The Morgan fingerprint density at radius 3 is 2.87 bits per heavy atom. The van der Waals surface area contributed by atoms with Crippen LogP contribution in [0.3, 0.4) is 0 Å². The third-order valence-electron chi connectivity index (χ3n) is 4.10. The number of carbonyl (C=O) groups is 1. The highest BCUT2D eigenvalue weighted by atomic mass is 32.1. The number of benzene rings is 1. The molecule has 0 spiro atoms.